The molecule has 5 nitrogen and oxygen atoms in total. The molecule has 0 bridgehead atoms. The molecule has 3 aromatic rings. The second kappa shape index (κ2) is 9.06. The van der Waals surface area contributed by atoms with Crippen molar-refractivity contribution in [2.75, 3.05) is 17.2 Å². The maximum atomic E-state index is 12.4. The molecule has 28 heavy (non-hydrogen) atoms. The number of amides is 2. The minimum atomic E-state index is -0.280. The van der Waals surface area contributed by atoms with E-state index < -0.39 is 0 Å². The van der Waals surface area contributed by atoms with Crippen molar-refractivity contribution in [1.29, 1.82) is 0 Å². The molecule has 0 saturated heterocycles. The summed E-state index contributed by atoms with van der Waals surface area (Å²) in [7, 11) is 0. The molecule has 0 aliphatic heterocycles. The van der Waals surface area contributed by atoms with Gasteiger partial charge >= 0.3 is 0 Å². The largest absolute Gasteiger partial charge is 0.494 e. The van der Waals surface area contributed by atoms with Crippen LogP contribution in [0.5, 0.6) is 5.75 Å². The van der Waals surface area contributed by atoms with Crippen molar-refractivity contribution in [1.82, 2.24) is 0 Å². The fourth-order valence-electron chi connectivity index (χ4n) is 2.58. The Morgan fingerprint density at radius 2 is 1.43 bits per heavy atom. The molecule has 0 unspecified atom stereocenters. The molecule has 0 spiro atoms. The summed E-state index contributed by atoms with van der Waals surface area (Å²) < 4.78 is 5.38. The summed E-state index contributed by atoms with van der Waals surface area (Å²) in [6, 6.07) is 20.5. The Labute approximate surface area is 168 Å². The smallest absolute Gasteiger partial charge is 0.255 e. The lowest BCUT2D eigenvalue weighted by Gasteiger charge is -2.10. The number of ether oxygens (including phenoxy) is 1. The first-order chi connectivity index (χ1) is 13.5. The first-order valence-corrected chi connectivity index (χ1v) is 9.14. The van der Waals surface area contributed by atoms with Crippen LogP contribution in [0, 0.1) is 0 Å². The lowest BCUT2D eigenvalue weighted by atomic mass is 10.2. The van der Waals surface area contributed by atoms with Crippen molar-refractivity contribution in [3.05, 3.63) is 88.9 Å². The predicted octanol–water partition coefficient (Wildman–Crippen LogP) is 5.24. The highest BCUT2D eigenvalue weighted by atomic mass is 35.5. The Balaban J connectivity index is 1.67. The average molecular weight is 395 g/mol. The number of nitrogens with one attached hydrogen (secondary N) is 2. The molecule has 0 aliphatic rings. The molecule has 0 heterocycles. The second-order valence-corrected chi connectivity index (χ2v) is 6.39. The Kier molecular flexibility index (Phi) is 6.29. The van der Waals surface area contributed by atoms with E-state index >= 15 is 0 Å². The third-order valence-electron chi connectivity index (χ3n) is 3.89. The van der Waals surface area contributed by atoms with E-state index in [0.717, 1.165) is 0 Å². The van der Waals surface area contributed by atoms with E-state index in [1.807, 2.05) is 6.92 Å². The quantitative estimate of drug-likeness (QED) is 0.600. The fraction of sp³-hybridized carbons (Fsp3) is 0.0909. The first-order valence-electron chi connectivity index (χ1n) is 8.76. The highest BCUT2D eigenvalue weighted by Gasteiger charge is 2.09. The van der Waals surface area contributed by atoms with Gasteiger partial charge in [0, 0.05) is 27.5 Å². The number of carbonyl (C=O) groups excluding carboxylic acids is 2. The molecule has 142 valence electrons. The summed E-state index contributed by atoms with van der Waals surface area (Å²) in [5.74, 6) is 0.184. The second-order valence-electron chi connectivity index (χ2n) is 5.96. The van der Waals surface area contributed by atoms with Gasteiger partial charge in [-0.05, 0) is 67.6 Å². The van der Waals surface area contributed by atoms with E-state index in [2.05, 4.69) is 10.6 Å². The SMILES string of the molecule is CCOc1ccc(C(=O)Nc2cccc(NC(=O)c3cccc(Cl)c3)c2)cc1. The maximum Gasteiger partial charge on any atom is 0.255 e. The van der Waals surface area contributed by atoms with Gasteiger partial charge in [0.15, 0.2) is 0 Å². The maximum absolute atomic E-state index is 12.4. The average Bonchev–Trinajstić information content (AvgIpc) is 2.69. The zero-order chi connectivity index (χ0) is 19.9. The topological polar surface area (TPSA) is 67.4 Å². The molecule has 0 aromatic heterocycles. The van der Waals surface area contributed by atoms with E-state index in [0.29, 0.717) is 39.9 Å². The molecule has 3 rings (SSSR count). The molecule has 2 N–H and O–H groups in total. The van der Waals surface area contributed by atoms with Crippen LogP contribution in [0.4, 0.5) is 11.4 Å². The van der Waals surface area contributed by atoms with Crippen LogP contribution in [0.1, 0.15) is 27.6 Å². The van der Waals surface area contributed by atoms with Gasteiger partial charge in [0.05, 0.1) is 6.61 Å². The molecular formula is C22H19ClN2O3. The van der Waals surface area contributed by atoms with Gasteiger partial charge in [-0.25, -0.2) is 0 Å². The number of anilines is 2. The van der Waals surface area contributed by atoms with Gasteiger partial charge in [-0.1, -0.05) is 23.7 Å². The summed E-state index contributed by atoms with van der Waals surface area (Å²) in [4.78, 5) is 24.8. The summed E-state index contributed by atoms with van der Waals surface area (Å²) in [6.45, 7) is 2.47. The molecule has 0 aliphatic carbocycles. The zero-order valence-corrected chi connectivity index (χ0v) is 16.0. The number of carbonyl (C=O) groups is 2. The fourth-order valence-corrected chi connectivity index (χ4v) is 2.77. The third kappa shape index (κ3) is 5.11. The Morgan fingerprint density at radius 3 is 2.04 bits per heavy atom. The van der Waals surface area contributed by atoms with Crippen LogP contribution in [-0.4, -0.2) is 18.4 Å². The number of benzene rings is 3. The molecular weight excluding hydrogens is 376 g/mol. The van der Waals surface area contributed by atoms with Crippen molar-refractivity contribution >= 4 is 34.8 Å². The van der Waals surface area contributed by atoms with Crippen molar-refractivity contribution < 1.29 is 14.3 Å². The molecule has 0 saturated carbocycles. The summed E-state index contributed by atoms with van der Waals surface area (Å²) in [6.07, 6.45) is 0. The van der Waals surface area contributed by atoms with Crippen LogP contribution in [0.25, 0.3) is 0 Å². The molecule has 2 amide bonds. The van der Waals surface area contributed by atoms with Gasteiger partial charge in [0.1, 0.15) is 5.75 Å². The summed E-state index contributed by atoms with van der Waals surface area (Å²) in [5.41, 5.74) is 2.10. The van der Waals surface area contributed by atoms with Crippen LogP contribution < -0.4 is 15.4 Å². The van der Waals surface area contributed by atoms with E-state index in [1.165, 1.54) is 0 Å². The van der Waals surface area contributed by atoms with E-state index in [4.69, 9.17) is 16.3 Å². The number of halogens is 1. The molecule has 6 heteroatoms. The Bertz CT molecular complexity index is 987. The molecule has 0 radical (unpaired) electrons. The van der Waals surface area contributed by atoms with Crippen molar-refractivity contribution in [2.45, 2.75) is 6.92 Å². The summed E-state index contributed by atoms with van der Waals surface area (Å²) >= 11 is 5.92. The van der Waals surface area contributed by atoms with Crippen LogP contribution in [0.2, 0.25) is 5.02 Å². The molecule has 0 atom stereocenters. The van der Waals surface area contributed by atoms with E-state index in [9.17, 15) is 9.59 Å². The molecule has 3 aromatic carbocycles. The van der Waals surface area contributed by atoms with E-state index in [-0.39, 0.29) is 11.8 Å². The van der Waals surface area contributed by atoms with Gasteiger partial charge in [-0.15, -0.1) is 0 Å². The first kappa shape index (κ1) is 19.5. The third-order valence-corrected chi connectivity index (χ3v) is 4.13. The minimum absolute atomic E-state index is 0.249. The Morgan fingerprint density at radius 1 is 0.821 bits per heavy atom. The monoisotopic (exact) mass is 394 g/mol. The van der Waals surface area contributed by atoms with Crippen molar-refractivity contribution in [3.63, 3.8) is 0 Å². The number of rotatable bonds is 6. The van der Waals surface area contributed by atoms with Crippen LogP contribution >= 0.6 is 11.6 Å². The number of hydrogen-bond donors (Lipinski definition) is 2. The highest BCUT2D eigenvalue weighted by Crippen LogP contribution is 2.19. The number of hydrogen-bond acceptors (Lipinski definition) is 3. The lowest BCUT2D eigenvalue weighted by molar-refractivity contribution is 0.101. The standard InChI is InChI=1S/C22H19ClN2O3/c1-2-28-20-11-9-15(10-12-20)21(26)24-18-7-4-8-19(14-18)25-22(27)16-5-3-6-17(23)13-16/h3-14H,2H2,1H3,(H,24,26)(H,25,27). The van der Waals surface area contributed by atoms with Gasteiger partial charge in [0.2, 0.25) is 0 Å². The highest BCUT2D eigenvalue weighted by molar-refractivity contribution is 6.31. The normalized spacial score (nSPS) is 10.2. The van der Waals surface area contributed by atoms with Crippen molar-refractivity contribution in [3.8, 4) is 5.75 Å². The Hall–Kier alpha value is -3.31. The van der Waals surface area contributed by atoms with Gasteiger partial charge in [-0.3, -0.25) is 9.59 Å². The predicted molar refractivity (Wildman–Crippen MR) is 111 cm³/mol. The van der Waals surface area contributed by atoms with Crippen LogP contribution in [0.3, 0.4) is 0 Å². The zero-order valence-electron chi connectivity index (χ0n) is 15.2. The van der Waals surface area contributed by atoms with Crippen LogP contribution in [0.15, 0.2) is 72.8 Å². The van der Waals surface area contributed by atoms with Gasteiger partial charge in [-0.2, -0.15) is 0 Å². The van der Waals surface area contributed by atoms with Crippen LogP contribution in [-0.2, 0) is 0 Å². The van der Waals surface area contributed by atoms with Crippen molar-refractivity contribution in [2.24, 2.45) is 0 Å². The van der Waals surface area contributed by atoms with Gasteiger partial charge < -0.3 is 15.4 Å². The van der Waals surface area contributed by atoms with E-state index in [1.54, 1.807) is 72.8 Å². The molecule has 0 fully saturated rings. The lowest BCUT2D eigenvalue weighted by Crippen LogP contribution is -2.14. The summed E-state index contributed by atoms with van der Waals surface area (Å²) in [5, 5.41) is 6.10. The van der Waals surface area contributed by atoms with Gasteiger partial charge in [0.25, 0.3) is 11.8 Å². The minimum Gasteiger partial charge on any atom is -0.494 e.